The highest BCUT2D eigenvalue weighted by atomic mass is 16.4. The van der Waals surface area contributed by atoms with E-state index in [0.29, 0.717) is 19.5 Å². The topological polar surface area (TPSA) is 69.6 Å². The summed E-state index contributed by atoms with van der Waals surface area (Å²) in [6, 6.07) is -1.17. The maximum Gasteiger partial charge on any atom is 0.326 e. The number of urea groups is 1. The maximum absolute atomic E-state index is 11.7. The van der Waals surface area contributed by atoms with Crippen molar-refractivity contribution in [3.05, 3.63) is 12.7 Å². The molecule has 0 aliphatic heterocycles. The molecule has 0 aliphatic rings. The Labute approximate surface area is 96.1 Å². The molecule has 0 aliphatic carbocycles. The van der Waals surface area contributed by atoms with Crippen LogP contribution in [0.1, 0.15) is 26.7 Å². The molecule has 0 aromatic carbocycles. The van der Waals surface area contributed by atoms with E-state index in [2.05, 4.69) is 11.9 Å². The van der Waals surface area contributed by atoms with E-state index in [-0.39, 0.29) is 6.03 Å². The molecular weight excluding hydrogens is 208 g/mol. The molecule has 2 amide bonds. The van der Waals surface area contributed by atoms with Crippen LogP contribution in [-0.2, 0) is 4.79 Å². The molecule has 0 heterocycles. The van der Waals surface area contributed by atoms with E-state index in [1.165, 1.54) is 0 Å². The van der Waals surface area contributed by atoms with E-state index < -0.39 is 12.0 Å². The standard InChI is InChI=1S/C11H20N2O3/c1-4-7-13(8-5-2)11(16)12-9(6-3)10(14)15/h4,9H,1,5-8H2,2-3H3,(H,12,16)(H,14,15)/t9-/m0/s1. The first-order valence-corrected chi connectivity index (χ1v) is 5.45. The van der Waals surface area contributed by atoms with Crippen molar-refractivity contribution in [3.8, 4) is 0 Å². The Bertz CT molecular complexity index is 254. The Hall–Kier alpha value is -1.52. The first kappa shape index (κ1) is 14.5. The number of carboxylic acids is 1. The van der Waals surface area contributed by atoms with Crippen LogP contribution in [0.4, 0.5) is 4.79 Å². The fourth-order valence-corrected chi connectivity index (χ4v) is 1.28. The molecule has 0 bridgehead atoms. The molecule has 0 spiro atoms. The minimum absolute atomic E-state index is 0.351. The van der Waals surface area contributed by atoms with Crippen LogP contribution in [0.25, 0.3) is 0 Å². The van der Waals surface area contributed by atoms with Gasteiger partial charge in [0.15, 0.2) is 0 Å². The third-order valence-electron chi connectivity index (χ3n) is 2.13. The van der Waals surface area contributed by atoms with Gasteiger partial charge in [-0.05, 0) is 12.8 Å². The Morgan fingerprint density at radius 1 is 1.50 bits per heavy atom. The van der Waals surface area contributed by atoms with Gasteiger partial charge < -0.3 is 15.3 Å². The number of hydrogen-bond acceptors (Lipinski definition) is 2. The van der Waals surface area contributed by atoms with E-state index in [0.717, 1.165) is 6.42 Å². The summed E-state index contributed by atoms with van der Waals surface area (Å²) in [7, 11) is 0. The molecule has 0 radical (unpaired) electrons. The van der Waals surface area contributed by atoms with Crippen LogP contribution in [0.15, 0.2) is 12.7 Å². The van der Waals surface area contributed by atoms with Gasteiger partial charge in [-0.15, -0.1) is 6.58 Å². The van der Waals surface area contributed by atoms with Crippen LogP contribution in [0.3, 0.4) is 0 Å². The summed E-state index contributed by atoms with van der Waals surface area (Å²) in [6.07, 6.45) is 2.82. The minimum atomic E-state index is -1.01. The summed E-state index contributed by atoms with van der Waals surface area (Å²) in [4.78, 5) is 24.0. The van der Waals surface area contributed by atoms with Crippen LogP contribution < -0.4 is 5.32 Å². The van der Waals surface area contributed by atoms with Gasteiger partial charge in [-0.25, -0.2) is 9.59 Å². The number of nitrogens with zero attached hydrogens (tertiary/aromatic N) is 1. The first-order valence-electron chi connectivity index (χ1n) is 5.45. The molecule has 0 aromatic rings. The number of rotatable bonds is 7. The molecule has 1 atom stereocenters. The molecular formula is C11H20N2O3. The molecule has 0 fully saturated rings. The highest BCUT2D eigenvalue weighted by Crippen LogP contribution is 1.97. The van der Waals surface area contributed by atoms with Crippen LogP contribution in [-0.4, -0.2) is 41.1 Å². The second-order valence-electron chi connectivity index (χ2n) is 3.48. The largest absolute Gasteiger partial charge is 0.480 e. The number of hydrogen-bond donors (Lipinski definition) is 2. The summed E-state index contributed by atoms with van der Waals surface area (Å²) in [5.74, 6) is -1.01. The SMILES string of the molecule is C=CCN(CCC)C(=O)N[C@@H](CC)C(=O)O. The Balaban J connectivity index is 4.37. The van der Waals surface area contributed by atoms with Crippen molar-refractivity contribution in [3.63, 3.8) is 0 Å². The fraction of sp³-hybridized carbons (Fsp3) is 0.636. The van der Waals surface area contributed by atoms with Gasteiger partial charge in [0.2, 0.25) is 0 Å². The average Bonchev–Trinajstić information content (AvgIpc) is 2.24. The Kier molecular flexibility index (Phi) is 7.00. The molecule has 5 nitrogen and oxygen atoms in total. The summed E-state index contributed by atoms with van der Waals surface area (Å²) in [6.45, 7) is 8.25. The molecule has 92 valence electrons. The van der Waals surface area contributed by atoms with Gasteiger partial charge in [-0.3, -0.25) is 0 Å². The van der Waals surface area contributed by atoms with Crippen LogP contribution in [0.5, 0.6) is 0 Å². The Morgan fingerprint density at radius 2 is 2.12 bits per heavy atom. The van der Waals surface area contributed by atoms with Gasteiger partial charge in [0.05, 0.1) is 0 Å². The maximum atomic E-state index is 11.7. The highest BCUT2D eigenvalue weighted by molar-refractivity contribution is 5.82. The number of nitrogens with one attached hydrogen (secondary N) is 1. The van der Waals surface area contributed by atoms with Gasteiger partial charge >= 0.3 is 12.0 Å². The quantitative estimate of drug-likeness (QED) is 0.648. The second kappa shape index (κ2) is 7.73. The van der Waals surface area contributed by atoms with Crippen molar-refractivity contribution in [2.24, 2.45) is 0 Å². The van der Waals surface area contributed by atoms with Crippen LogP contribution >= 0.6 is 0 Å². The van der Waals surface area contributed by atoms with Crippen molar-refractivity contribution in [2.75, 3.05) is 13.1 Å². The lowest BCUT2D eigenvalue weighted by Crippen LogP contribution is -2.48. The number of amides is 2. The predicted octanol–water partition coefficient (Wildman–Crippen LogP) is 1.46. The zero-order valence-corrected chi connectivity index (χ0v) is 9.90. The summed E-state index contributed by atoms with van der Waals surface area (Å²) < 4.78 is 0. The lowest BCUT2D eigenvalue weighted by molar-refractivity contribution is -0.139. The van der Waals surface area contributed by atoms with E-state index in [9.17, 15) is 9.59 Å². The zero-order chi connectivity index (χ0) is 12.6. The fourth-order valence-electron chi connectivity index (χ4n) is 1.28. The molecule has 0 rings (SSSR count). The van der Waals surface area contributed by atoms with E-state index >= 15 is 0 Å². The molecule has 0 unspecified atom stereocenters. The molecule has 0 saturated carbocycles. The minimum Gasteiger partial charge on any atom is -0.480 e. The van der Waals surface area contributed by atoms with Gasteiger partial charge in [0, 0.05) is 13.1 Å². The van der Waals surface area contributed by atoms with E-state index in [1.54, 1.807) is 17.9 Å². The van der Waals surface area contributed by atoms with Gasteiger partial charge in [0.25, 0.3) is 0 Å². The predicted molar refractivity (Wildman–Crippen MR) is 62.3 cm³/mol. The molecule has 2 N–H and O–H groups in total. The average molecular weight is 228 g/mol. The normalized spacial score (nSPS) is 11.6. The summed E-state index contributed by atoms with van der Waals surface area (Å²) in [5, 5.41) is 11.3. The van der Waals surface area contributed by atoms with Crippen molar-refractivity contribution in [1.82, 2.24) is 10.2 Å². The molecule has 0 aromatic heterocycles. The van der Waals surface area contributed by atoms with Crippen molar-refractivity contribution in [1.29, 1.82) is 0 Å². The number of aliphatic carboxylic acids is 1. The summed E-state index contributed by atoms with van der Waals surface area (Å²) >= 11 is 0. The zero-order valence-electron chi connectivity index (χ0n) is 9.90. The molecule has 0 saturated heterocycles. The highest BCUT2D eigenvalue weighted by Gasteiger charge is 2.20. The van der Waals surface area contributed by atoms with E-state index in [1.807, 2.05) is 6.92 Å². The van der Waals surface area contributed by atoms with Crippen LogP contribution in [0.2, 0.25) is 0 Å². The van der Waals surface area contributed by atoms with Crippen LogP contribution in [0, 0.1) is 0 Å². The number of carbonyl (C=O) groups is 2. The number of carbonyl (C=O) groups excluding carboxylic acids is 1. The third-order valence-corrected chi connectivity index (χ3v) is 2.13. The smallest absolute Gasteiger partial charge is 0.326 e. The van der Waals surface area contributed by atoms with Crippen molar-refractivity contribution < 1.29 is 14.7 Å². The molecule has 5 heteroatoms. The van der Waals surface area contributed by atoms with Gasteiger partial charge in [-0.2, -0.15) is 0 Å². The van der Waals surface area contributed by atoms with Gasteiger partial charge in [-0.1, -0.05) is 19.9 Å². The first-order chi connectivity index (χ1) is 7.56. The number of carboxylic acid groups (broad SMARTS) is 1. The van der Waals surface area contributed by atoms with Crippen molar-refractivity contribution in [2.45, 2.75) is 32.7 Å². The monoisotopic (exact) mass is 228 g/mol. The van der Waals surface area contributed by atoms with Gasteiger partial charge in [0.1, 0.15) is 6.04 Å². The molecule has 16 heavy (non-hydrogen) atoms. The Morgan fingerprint density at radius 3 is 2.50 bits per heavy atom. The van der Waals surface area contributed by atoms with Crippen molar-refractivity contribution >= 4 is 12.0 Å². The summed E-state index contributed by atoms with van der Waals surface area (Å²) in [5.41, 5.74) is 0. The second-order valence-corrected chi connectivity index (χ2v) is 3.48. The lowest BCUT2D eigenvalue weighted by Gasteiger charge is -2.23. The third kappa shape index (κ3) is 4.82. The van der Waals surface area contributed by atoms with E-state index in [4.69, 9.17) is 5.11 Å². The lowest BCUT2D eigenvalue weighted by atomic mass is 10.2.